The van der Waals surface area contributed by atoms with Crippen molar-refractivity contribution >= 4 is 28.4 Å². The summed E-state index contributed by atoms with van der Waals surface area (Å²) in [5.74, 6) is 0.845. The number of carbonyl (C=O) groups excluding carboxylic acids is 1. The highest BCUT2D eigenvalue weighted by molar-refractivity contribution is 7.13. The molecule has 1 heterocycles. The first kappa shape index (κ1) is 11.9. The van der Waals surface area contributed by atoms with Crippen LogP contribution in [0.15, 0.2) is 41.8 Å². The zero-order valence-electron chi connectivity index (χ0n) is 10.3. The van der Waals surface area contributed by atoms with Crippen LogP contribution in [0.3, 0.4) is 0 Å². The van der Waals surface area contributed by atoms with Crippen molar-refractivity contribution in [3.8, 4) is 16.3 Å². The van der Waals surface area contributed by atoms with Crippen LogP contribution in [0, 0.1) is 0 Å². The number of aldehydes is 1. The maximum absolute atomic E-state index is 10.7. The third kappa shape index (κ3) is 2.22. The van der Waals surface area contributed by atoms with Gasteiger partial charge in [-0.15, -0.1) is 11.3 Å². The van der Waals surface area contributed by atoms with Gasteiger partial charge in [0, 0.05) is 10.9 Å². The molecule has 4 heteroatoms. The first-order valence-corrected chi connectivity index (χ1v) is 6.67. The quantitative estimate of drug-likeness (QED) is 0.679. The fraction of sp³-hybridized carbons (Fsp3) is 0.0667. The van der Waals surface area contributed by atoms with Gasteiger partial charge >= 0.3 is 0 Å². The maximum atomic E-state index is 10.7. The van der Waals surface area contributed by atoms with E-state index in [1.54, 1.807) is 12.5 Å². The minimum atomic E-state index is 0.481. The van der Waals surface area contributed by atoms with E-state index in [9.17, 15) is 4.79 Å². The van der Waals surface area contributed by atoms with Crippen LogP contribution in [-0.4, -0.2) is 18.4 Å². The molecule has 0 spiro atoms. The molecule has 0 unspecified atom stereocenters. The maximum Gasteiger partial charge on any atom is 0.169 e. The van der Waals surface area contributed by atoms with E-state index >= 15 is 0 Å². The number of hydrogen-bond acceptors (Lipinski definition) is 4. The Bertz CT molecular complexity index is 749. The zero-order chi connectivity index (χ0) is 13.2. The lowest BCUT2D eigenvalue weighted by Gasteiger charge is -2.04. The topological polar surface area (TPSA) is 39.2 Å². The van der Waals surface area contributed by atoms with Crippen molar-refractivity contribution in [1.29, 1.82) is 0 Å². The largest absolute Gasteiger partial charge is 0.497 e. The summed E-state index contributed by atoms with van der Waals surface area (Å²) in [4.78, 5) is 14.9. The normalized spacial score (nSPS) is 10.6. The van der Waals surface area contributed by atoms with Gasteiger partial charge in [-0.3, -0.25) is 4.79 Å². The fourth-order valence-electron chi connectivity index (χ4n) is 1.96. The van der Waals surface area contributed by atoms with Crippen LogP contribution >= 0.6 is 11.3 Å². The molecule has 19 heavy (non-hydrogen) atoms. The highest BCUT2D eigenvalue weighted by Crippen LogP contribution is 2.28. The third-order valence-electron chi connectivity index (χ3n) is 2.94. The van der Waals surface area contributed by atoms with E-state index in [-0.39, 0.29) is 0 Å². The minimum Gasteiger partial charge on any atom is -0.497 e. The number of nitrogens with zero attached hydrogens (tertiary/aromatic N) is 1. The van der Waals surface area contributed by atoms with Gasteiger partial charge in [-0.25, -0.2) is 4.98 Å². The van der Waals surface area contributed by atoms with E-state index in [1.165, 1.54) is 11.3 Å². The molecule has 0 aliphatic heterocycles. The number of fused-ring (bicyclic) bond motifs is 1. The van der Waals surface area contributed by atoms with Gasteiger partial charge in [-0.05, 0) is 29.0 Å². The lowest BCUT2D eigenvalue weighted by atomic mass is 10.1. The minimum absolute atomic E-state index is 0.481. The van der Waals surface area contributed by atoms with Crippen LogP contribution in [0.25, 0.3) is 21.3 Å². The van der Waals surface area contributed by atoms with Gasteiger partial charge in [0.1, 0.15) is 16.5 Å². The molecule has 0 bridgehead atoms. The van der Waals surface area contributed by atoms with Crippen LogP contribution in [-0.2, 0) is 0 Å². The Morgan fingerprint density at radius 2 is 1.95 bits per heavy atom. The molecule has 0 saturated heterocycles. The molecule has 2 aromatic carbocycles. The fourth-order valence-corrected chi connectivity index (χ4v) is 2.72. The molecule has 0 fully saturated rings. The molecule has 3 nitrogen and oxygen atoms in total. The Labute approximate surface area is 114 Å². The summed E-state index contributed by atoms with van der Waals surface area (Å²) in [6.07, 6.45) is 0.770. The van der Waals surface area contributed by atoms with Crippen molar-refractivity contribution in [3.05, 3.63) is 47.5 Å². The number of rotatable bonds is 3. The summed E-state index contributed by atoms with van der Waals surface area (Å²) in [6, 6.07) is 12.1. The number of aromatic nitrogens is 1. The molecule has 0 amide bonds. The lowest BCUT2D eigenvalue weighted by molar-refractivity contribution is 0.111. The summed E-state index contributed by atoms with van der Waals surface area (Å²) >= 11 is 1.48. The molecule has 0 saturated carbocycles. The van der Waals surface area contributed by atoms with Crippen molar-refractivity contribution < 1.29 is 9.53 Å². The van der Waals surface area contributed by atoms with Crippen LogP contribution in [0.1, 0.15) is 10.5 Å². The van der Waals surface area contributed by atoms with Gasteiger partial charge in [0.05, 0.1) is 7.11 Å². The standard InChI is InChI=1S/C15H11NO2S/c1-18-14-5-4-10-6-12(3-2-11(10)7-14)15-16-13(8-17)9-19-15/h2-9H,1H3. The van der Waals surface area contributed by atoms with Gasteiger partial charge in [0.15, 0.2) is 6.29 Å². The molecule has 0 atom stereocenters. The van der Waals surface area contributed by atoms with Crippen LogP contribution < -0.4 is 4.74 Å². The Hall–Kier alpha value is -2.20. The highest BCUT2D eigenvalue weighted by atomic mass is 32.1. The van der Waals surface area contributed by atoms with Crippen molar-refractivity contribution in [2.45, 2.75) is 0 Å². The predicted molar refractivity (Wildman–Crippen MR) is 77.0 cm³/mol. The molecule has 94 valence electrons. The second kappa shape index (κ2) is 4.82. The number of ether oxygens (including phenoxy) is 1. The number of thiazole rings is 1. The van der Waals surface area contributed by atoms with Gasteiger partial charge < -0.3 is 4.74 Å². The molecule has 3 aromatic rings. The number of hydrogen-bond donors (Lipinski definition) is 0. The van der Waals surface area contributed by atoms with Gasteiger partial charge in [0.2, 0.25) is 0 Å². The van der Waals surface area contributed by atoms with Crippen molar-refractivity contribution in [2.24, 2.45) is 0 Å². The smallest absolute Gasteiger partial charge is 0.169 e. The van der Waals surface area contributed by atoms with Crippen LogP contribution in [0.4, 0.5) is 0 Å². The van der Waals surface area contributed by atoms with Crippen molar-refractivity contribution in [3.63, 3.8) is 0 Å². The SMILES string of the molecule is COc1ccc2cc(-c3nc(C=O)cs3)ccc2c1. The van der Waals surface area contributed by atoms with Crippen LogP contribution in [0.5, 0.6) is 5.75 Å². The Morgan fingerprint density at radius 3 is 2.68 bits per heavy atom. The van der Waals surface area contributed by atoms with Crippen molar-refractivity contribution in [2.75, 3.05) is 7.11 Å². The first-order valence-electron chi connectivity index (χ1n) is 5.79. The predicted octanol–water partition coefficient (Wildman–Crippen LogP) is 3.78. The van der Waals surface area contributed by atoms with E-state index in [4.69, 9.17) is 4.74 Å². The van der Waals surface area contributed by atoms with E-state index in [0.717, 1.165) is 33.4 Å². The van der Waals surface area contributed by atoms with Gasteiger partial charge in [0.25, 0.3) is 0 Å². The van der Waals surface area contributed by atoms with E-state index in [2.05, 4.69) is 11.1 Å². The number of carbonyl (C=O) groups is 1. The Balaban J connectivity index is 2.08. The second-order valence-electron chi connectivity index (χ2n) is 4.12. The number of benzene rings is 2. The highest BCUT2D eigenvalue weighted by Gasteiger charge is 2.05. The lowest BCUT2D eigenvalue weighted by Crippen LogP contribution is -1.84. The molecule has 0 aliphatic rings. The average Bonchev–Trinajstić information content (AvgIpc) is 2.95. The molecule has 0 radical (unpaired) electrons. The summed E-state index contributed by atoms with van der Waals surface area (Å²) < 4.78 is 5.21. The molecule has 0 N–H and O–H groups in total. The number of methoxy groups -OCH3 is 1. The third-order valence-corrected chi connectivity index (χ3v) is 3.85. The summed E-state index contributed by atoms with van der Waals surface area (Å²) in [5.41, 5.74) is 1.51. The van der Waals surface area contributed by atoms with E-state index in [0.29, 0.717) is 5.69 Å². The summed E-state index contributed by atoms with van der Waals surface area (Å²) in [6.45, 7) is 0. The van der Waals surface area contributed by atoms with Crippen LogP contribution in [0.2, 0.25) is 0 Å². The average molecular weight is 269 g/mol. The monoisotopic (exact) mass is 269 g/mol. The molecular weight excluding hydrogens is 258 g/mol. The second-order valence-corrected chi connectivity index (χ2v) is 4.98. The molecule has 0 aliphatic carbocycles. The molecular formula is C15H11NO2S. The molecule has 1 aromatic heterocycles. The van der Waals surface area contributed by atoms with E-state index in [1.807, 2.05) is 30.3 Å². The van der Waals surface area contributed by atoms with Gasteiger partial charge in [-0.1, -0.05) is 18.2 Å². The Kier molecular flexibility index (Phi) is 3.01. The van der Waals surface area contributed by atoms with E-state index < -0.39 is 0 Å². The van der Waals surface area contributed by atoms with Crippen molar-refractivity contribution in [1.82, 2.24) is 4.98 Å². The summed E-state index contributed by atoms with van der Waals surface area (Å²) in [5, 5.41) is 4.87. The first-order chi connectivity index (χ1) is 9.30. The Morgan fingerprint density at radius 1 is 1.16 bits per heavy atom. The molecule has 3 rings (SSSR count). The zero-order valence-corrected chi connectivity index (χ0v) is 11.1. The van der Waals surface area contributed by atoms with Gasteiger partial charge in [-0.2, -0.15) is 0 Å². The summed E-state index contributed by atoms with van der Waals surface area (Å²) in [7, 11) is 1.66.